The van der Waals surface area contributed by atoms with Gasteiger partial charge in [0.15, 0.2) is 5.82 Å². The third-order valence-corrected chi connectivity index (χ3v) is 7.18. The lowest BCUT2D eigenvalue weighted by Crippen LogP contribution is -1.98. The van der Waals surface area contributed by atoms with Crippen molar-refractivity contribution in [2.24, 2.45) is 0 Å². The van der Waals surface area contributed by atoms with E-state index in [1.807, 2.05) is 30.5 Å². The number of hydrogen-bond acceptors (Lipinski definition) is 4. The second-order valence-corrected chi connectivity index (χ2v) is 9.22. The first-order valence-electron chi connectivity index (χ1n) is 12.2. The van der Waals surface area contributed by atoms with Gasteiger partial charge in [0.25, 0.3) is 0 Å². The maximum absolute atomic E-state index is 5.06. The van der Waals surface area contributed by atoms with Gasteiger partial charge < -0.3 is 4.57 Å². The molecule has 0 spiro atoms. The molecule has 3 aromatic heterocycles. The van der Waals surface area contributed by atoms with E-state index in [1.165, 1.54) is 21.8 Å². The lowest BCUT2D eigenvalue weighted by molar-refractivity contribution is 1.04. The third kappa shape index (κ3) is 2.91. The van der Waals surface area contributed by atoms with Crippen molar-refractivity contribution < 1.29 is 0 Å². The maximum Gasteiger partial charge on any atom is 0.182 e. The molecule has 0 aliphatic carbocycles. The fourth-order valence-electron chi connectivity index (χ4n) is 5.54. The molecule has 8 aromatic rings. The Morgan fingerprint density at radius 1 is 0.514 bits per heavy atom. The molecule has 3 heterocycles. The quantitative estimate of drug-likeness (QED) is 0.244. The molecule has 172 valence electrons. The molecule has 8 rings (SSSR count). The highest BCUT2D eigenvalue weighted by Gasteiger charge is 2.15. The Labute approximate surface area is 211 Å². The molecule has 37 heavy (non-hydrogen) atoms. The molecule has 0 atom stereocenters. The van der Waals surface area contributed by atoms with Crippen molar-refractivity contribution in [3.8, 4) is 17.1 Å². The molecule has 5 heteroatoms. The molecule has 0 N–H and O–H groups in total. The fourth-order valence-corrected chi connectivity index (χ4v) is 5.54. The van der Waals surface area contributed by atoms with Crippen molar-refractivity contribution in [2.75, 3.05) is 0 Å². The fraction of sp³-hybridized carbons (Fsp3) is 0. The molecule has 0 radical (unpaired) electrons. The molecule has 5 aromatic carbocycles. The molecule has 0 unspecified atom stereocenters. The van der Waals surface area contributed by atoms with Crippen molar-refractivity contribution in [3.05, 3.63) is 116 Å². The number of pyridine rings is 1. The first-order valence-corrected chi connectivity index (χ1v) is 12.2. The van der Waals surface area contributed by atoms with Crippen LogP contribution < -0.4 is 0 Å². The summed E-state index contributed by atoms with van der Waals surface area (Å²) in [6.07, 6.45) is 3.71. The van der Waals surface area contributed by atoms with E-state index < -0.39 is 0 Å². The SMILES string of the molecule is c1cc(-c2nnc3c4ccccc4c4cnccc4c3n2)cc(-n2c3ccccc3c3ccccc32)c1. The average Bonchev–Trinajstić information content (AvgIpc) is 3.32. The largest absolute Gasteiger partial charge is 0.309 e. The number of hydrogen-bond donors (Lipinski definition) is 0. The number of benzene rings is 5. The van der Waals surface area contributed by atoms with Crippen LogP contribution in [-0.2, 0) is 0 Å². The molecule has 0 fully saturated rings. The normalized spacial score (nSPS) is 11.8. The van der Waals surface area contributed by atoms with Gasteiger partial charge in [-0.1, -0.05) is 72.8 Å². The summed E-state index contributed by atoms with van der Waals surface area (Å²) in [6.45, 7) is 0. The summed E-state index contributed by atoms with van der Waals surface area (Å²) in [7, 11) is 0. The molecule has 5 nitrogen and oxygen atoms in total. The van der Waals surface area contributed by atoms with Gasteiger partial charge in [-0.2, -0.15) is 0 Å². The minimum Gasteiger partial charge on any atom is -0.309 e. The van der Waals surface area contributed by atoms with Crippen molar-refractivity contribution in [3.63, 3.8) is 0 Å². The summed E-state index contributed by atoms with van der Waals surface area (Å²) in [6, 6.07) is 35.7. The summed E-state index contributed by atoms with van der Waals surface area (Å²) in [4.78, 5) is 9.43. The van der Waals surface area contributed by atoms with Crippen LogP contribution in [0.3, 0.4) is 0 Å². The summed E-state index contributed by atoms with van der Waals surface area (Å²) in [5, 5.41) is 16.0. The van der Waals surface area contributed by atoms with Crippen molar-refractivity contribution in [2.45, 2.75) is 0 Å². The first kappa shape index (κ1) is 20.1. The van der Waals surface area contributed by atoms with Gasteiger partial charge in [0.2, 0.25) is 0 Å². The van der Waals surface area contributed by atoms with Crippen LogP contribution >= 0.6 is 0 Å². The van der Waals surface area contributed by atoms with Gasteiger partial charge >= 0.3 is 0 Å². The summed E-state index contributed by atoms with van der Waals surface area (Å²) >= 11 is 0. The molecule has 0 bridgehead atoms. The minimum atomic E-state index is 0.600. The topological polar surface area (TPSA) is 56.5 Å². The third-order valence-electron chi connectivity index (χ3n) is 7.18. The number of para-hydroxylation sites is 2. The Balaban J connectivity index is 1.38. The van der Waals surface area contributed by atoms with E-state index in [1.54, 1.807) is 6.20 Å². The highest BCUT2D eigenvalue weighted by molar-refractivity contribution is 6.22. The van der Waals surface area contributed by atoms with E-state index in [0.29, 0.717) is 5.82 Å². The van der Waals surface area contributed by atoms with E-state index in [2.05, 4.69) is 98.6 Å². The van der Waals surface area contributed by atoms with Crippen LogP contribution in [0.1, 0.15) is 0 Å². The van der Waals surface area contributed by atoms with Gasteiger partial charge in [-0.15, -0.1) is 10.2 Å². The zero-order chi connectivity index (χ0) is 24.3. The summed E-state index contributed by atoms with van der Waals surface area (Å²) < 4.78 is 2.30. The molecule has 0 amide bonds. The number of nitrogens with zero attached hydrogens (tertiary/aromatic N) is 5. The van der Waals surface area contributed by atoms with Crippen LogP contribution in [0.4, 0.5) is 0 Å². The second kappa shape index (κ2) is 7.67. The zero-order valence-corrected chi connectivity index (χ0v) is 19.7. The average molecular weight is 474 g/mol. The zero-order valence-electron chi connectivity index (χ0n) is 19.7. The number of aromatic nitrogens is 5. The van der Waals surface area contributed by atoms with Gasteiger partial charge in [0.1, 0.15) is 11.0 Å². The van der Waals surface area contributed by atoms with Crippen LogP contribution in [0.15, 0.2) is 116 Å². The molecule has 0 aliphatic heterocycles. The van der Waals surface area contributed by atoms with Crippen LogP contribution in [0, 0.1) is 0 Å². The smallest absolute Gasteiger partial charge is 0.182 e. The lowest BCUT2D eigenvalue weighted by Gasteiger charge is -2.11. The standard InChI is InChI=1S/C32H19N5/c1-2-13-25-22(10-1)27-19-33-17-16-26(27)30-31(25)35-36-32(34-30)20-8-7-9-21(18-20)37-28-14-5-3-11-23(28)24-12-4-6-15-29(24)37/h1-19H. The van der Waals surface area contributed by atoms with Crippen molar-refractivity contribution in [1.82, 2.24) is 24.7 Å². The Bertz CT molecular complexity index is 2070. The van der Waals surface area contributed by atoms with E-state index >= 15 is 0 Å². The lowest BCUT2D eigenvalue weighted by atomic mass is 10.0. The molecular weight excluding hydrogens is 454 g/mol. The first-order chi connectivity index (χ1) is 18.4. The Kier molecular flexibility index (Phi) is 4.16. The second-order valence-electron chi connectivity index (χ2n) is 9.22. The van der Waals surface area contributed by atoms with Gasteiger partial charge in [0, 0.05) is 50.6 Å². The van der Waals surface area contributed by atoms with E-state index in [9.17, 15) is 0 Å². The molecule has 0 saturated carbocycles. The van der Waals surface area contributed by atoms with Crippen molar-refractivity contribution in [1.29, 1.82) is 0 Å². The van der Waals surface area contributed by atoms with Gasteiger partial charge in [0.05, 0.1) is 11.0 Å². The summed E-state index contributed by atoms with van der Waals surface area (Å²) in [5.41, 5.74) is 5.96. The van der Waals surface area contributed by atoms with E-state index in [-0.39, 0.29) is 0 Å². The minimum absolute atomic E-state index is 0.600. The highest BCUT2D eigenvalue weighted by atomic mass is 15.2. The highest BCUT2D eigenvalue weighted by Crippen LogP contribution is 2.35. The van der Waals surface area contributed by atoms with Crippen LogP contribution in [0.25, 0.3) is 71.5 Å². The van der Waals surface area contributed by atoms with Gasteiger partial charge in [-0.05, 0) is 35.7 Å². The van der Waals surface area contributed by atoms with Gasteiger partial charge in [-0.25, -0.2) is 4.98 Å². The predicted molar refractivity (Wildman–Crippen MR) is 150 cm³/mol. The Hall–Kier alpha value is -5.16. The predicted octanol–water partition coefficient (Wildman–Crippen LogP) is 7.49. The van der Waals surface area contributed by atoms with Crippen LogP contribution in [0.5, 0.6) is 0 Å². The van der Waals surface area contributed by atoms with Gasteiger partial charge in [-0.3, -0.25) is 4.98 Å². The molecule has 0 saturated heterocycles. The number of rotatable bonds is 2. The molecular formula is C32H19N5. The van der Waals surface area contributed by atoms with Crippen LogP contribution in [-0.4, -0.2) is 24.7 Å². The number of fused-ring (bicyclic) bond motifs is 9. The Morgan fingerprint density at radius 3 is 1.97 bits per heavy atom. The van der Waals surface area contributed by atoms with Crippen LogP contribution in [0.2, 0.25) is 0 Å². The maximum atomic E-state index is 5.06. The summed E-state index contributed by atoms with van der Waals surface area (Å²) in [5.74, 6) is 0.600. The van der Waals surface area contributed by atoms with Crippen molar-refractivity contribution >= 4 is 54.4 Å². The molecule has 0 aliphatic rings. The Morgan fingerprint density at radius 2 is 1.19 bits per heavy atom. The van der Waals surface area contributed by atoms with E-state index in [4.69, 9.17) is 4.98 Å². The monoisotopic (exact) mass is 473 g/mol. The van der Waals surface area contributed by atoms with E-state index in [0.717, 1.165) is 43.8 Å².